The van der Waals surface area contributed by atoms with Gasteiger partial charge in [0.05, 0.1) is 0 Å². The minimum absolute atomic E-state index is 0.0613. The maximum atomic E-state index is 13.6. The van der Waals surface area contributed by atoms with E-state index in [0.717, 1.165) is 18.2 Å². The maximum Gasteiger partial charge on any atom is 0.387 e. The van der Waals surface area contributed by atoms with Gasteiger partial charge in [-0.2, -0.15) is 8.78 Å². The molecule has 0 aliphatic heterocycles. The highest BCUT2D eigenvalue weighted by atomic mass is 19.3. The fourth-order valence-corrected chi connectivity index (χ4v) is 2.09. The van der Waals surface area contributed by atoms with Gasteiger partial charge in [-0.3, -0.25) is 4.79 Å². The summed E-state index contributed by atoms with van der Waals surface area (Å²) in [6, 6.07) is 9.10. The molecule has 2 aromatic rings. The Bertz CT molecular complexity index is 777. The average Bonchev–Trinajstić information content (AvgIpc) is 2.55. The van der Waals surface area contributed by atoms with Crippen LogP contribution >= 0.6 is 0 Å². The first-order valence-corrected chi connectivity index (χ1v) is 7.28. The van der Waals surface area contributed by atoms with Crippen molar-refractivity contribution in [1.82, 2.24) is 4.90 Å². The zero-order chi connectivity index (χ0) is 18.4. The van der Waals surface area contributed by atoms with E-state index in [2.05, 4.69) is 4.74 Å². The number of carbonyl (C=O) groups excluding carboxylic acids is 1. The fourth-order valence-electron chi connectivity index (χ4n) is 2.09. The summed E-state index contributed by atoms with van der Waals surface area (Å²) in [6.45, 7) is -3.04. The van der Waals surface area contributed by atoms with Crippen molar-refractivity contribution in [3.8, 4) is 5.75 Å². The van der Waals surface area contributed by atoms with Crippen molar-refractivity contribution >= 4 is 12.0 Å². The van der Waals surface area contributed by atoms with Crippen LogP contribution in [0.1, 0.15) is 11.1 Å². The molecular formula is C18H15F4NO2. The smallest absolute Gasteiger partial charge is 0.387 e. The molecule has 0 bridgehead atoms. The molecular weight excluding hydrogens is 338 g/mol. The number of likely N-dealkylation sites (N-methyl/N-ethyl adjacent to an activating group) is 1. The van der Waals surface area contributed by atoms with Gasteiger partial charge in [0.25, 0.3) is 0 Å². The maximum absolute atomic E-state index is 13.6. The first-order chi connectivity index (χ1) is 11.9. The van der Waals surface area contributed by atoms with Crippen LogP contribution in [0.3, 0.4) is 0 Å². The summed E-state index contributed by atoms with van der Waals surface area (Å²) in [4.78, 5) is 13.3. The molecule has 0 fully saturated rings. The molecule has 0 aromatic heterocycles. The van der Waals surface area contributed by atoms with E-state index in [-0.39, 0.29) is 17.9 Å². The Morgan fingerprint density at radius 3 is 2.60 bits per heavy atom. The van der Waals surface area contributed by atoms with E-state index in [9.17, 15) is 22.4 Å². The molecule has 0 unspecified atom stereocenters. The minimum Gasteiger partial charge on any atom is -0.434 e. The standard InChI is InChI=1S/C18H15F4NO2/c1-23(11-13-6-8-14(19)10-15(13)20)17(24)9-7-12-4-2-3-5-16(12)25-18(21)22/h2-10,18H,11H2,1H3/b9-7+. The second-order valence-electron chi connectivity index (χ2n) is 5.18. The first-order valence-electron chi connectivity index (χ1n) is 7.28. The van der Waals surface area contributed by atoms with Crippen molar-refractivity contribution in [1.29, 1.82) is 0 Å². The molecule has 0 heterocycles. The van der Waals surface area contributed by atoms with Crippen molar-refractivity contribution in [3.63, 3.8) is 0 Å². The highest BCUT2D eigenvalue weighted by Crippen LogP contribution is 2.21. The number of amides is 1. The fraction of sp³-hybridized carbons (Fsp3) is 0.167. The van der Waals surface area contributed by atoms with Gasteiger partial charge >= 0.3 is 6.61 Å². The first kappa shape index (κ1) is 18.5. The Labute approximate surface area is 142 Å². The highest BCUT2D eigenvalue weighted by molar-refractivity contribution is 5.92. The molecule has 0 spiro atoms. The van der Waals surface area contributed by atoms with Crippen molar-refractivity contribution in [3.05, 3.63) is 71.3 Å². The van der Waals surface area contributed by atoms with E-state index in [0.29, 0.717) is 5.56 Å². The number of nitrogens with zero attached hydrogens (tertiary/aromatic N) is 1. The number of rotatable bonds is 6. The quantitative estimate of drug-likeness (QED) is 0.574. The summed E-state index contributed by atoms with van der Waals surface area (Å²) in [5.74, 6) is -1.99. The monoisotopic (exact) mass is 353 g/mol. The number of benzene rings is 2. The molecule has 0 aliphatic rings. The predicted octanol–water partition coefficient (Wildman–Crippen LogP) is 4.24. The van der Waals surface area contributed by atoms with Crippen LogP contribution in [0.25, 0.3) is 6.08 Å². The van der Waals surface area contributed by atoms with E-state index in [1.165, 1.54) is 42.3 Å². The summed E-state index contributed by atoms with van der Waals surface area (Å²) in [5.41, 5.74) is 0.463. The largest absolute Gasteiger partial charge is 0.434 e. The average molecular weight is 353 g/mol. The number of ether oxygens (including phenoxy) is 1. The lowest BCUT2D eigenvalue weighted by Crippen LogP contribution is -2.24. The third kappa shape index (κ3) is 5.34. The Balaban J connectivity index is 2.07. The Morgan fingerprint density at radius 1 is 1.20 bits per heavy atom. The Kier molecular flexibility index (Phi) is 6.16. The SMILES string of the molecule is CN(Cc1ccc(F)cc1F)C(=O)/C=C/c1ccccc1OC(F)F. The van der Waals surface area contributed by atoms with Crippen molar-refractivity contribution in [2.75, 3.05) is 7.05 Å². The van der Waals surface area contributed by atoms with E-state index >= 15 is 0 Å². The van der Waals surface area contributed by atoms with Gasteiger partial charge in [0, 0.05) is 36.9 Å². The van der Waals surface area contributed by atoms with Crippen LogP contribution < -0.4 is 4.74 Å². The molecule has 2 rings (SSSR count). The van der Waals surface area contributed by atoms with Crippen LogP contribution in [-0.2, 0) is 11.3 Å². The summed E-state index contributed by atoms with van der Waals surface area (Å²) < 4.78 is 55.6. The van der Waals surface area contributed by atoms with Gasteiger partial charge in [-0.1, -0.05) is 24.3 Å². The number of hydrogen-bond donors (Lipinski definition) is 0. The van der Waals surface area contributed by atoms with Crippen LogP contribution in [0.4, 0.5) is 17.6 Å². The number of para-hydroxylation sites is 1. The van der Waals surface area contributed by atoms with Crippen LogP contribution in [-0.4, -0.2) is 24.5 Å². The summed E-state index contributed by atoms with van der Waals surface area (Å²) in [5, 5.41) is 0. The zero-order valence-electron chi connectivity index (χ0n) is 13.3. The summed E-state index contributed by atoms with van der Waals surface area (Å²) in [6.07, 6.45) is 2.49. The third-order valence-corrected chi connectivity index (χ3v) is 3.34. The zero-order valence-corrected chi connectivity index (χ0v) is 13.3. The molecule has 25 heavy (non-hydrogen) atoms. The van der Waals surface area contributed by atoms with Gasteiger partial charge in [-0.05, 0) is 18.2 Å². The van der Waals surface area contributed by atoms with Gasteiger partial charge in [-0.25, -0.2) is 8.78 Å². The lowest BCUT2D eigenvalue weighted by Gasteiger charge is -2.15. The van der Waals surface area contributed by atoms with Gasteiger partial charge in [-0.15, -0.1) is 0 Å². The Morgan fingerprint density at radius 2 is 1.92 bits per heavy atom. The van der Waals surface area contributed by atoms with E-state index in [4.69, 9.17) is 0 Å². The normalized spacial score (nSPS) is 11.1. The third-order valence-electron chi connectivity index (χ3n) is 3.34. The van der Waals surface area contributed by atoms with E-state index < -0.39 is 24.2 Å². The number of alkyl halides is 2. The molecule has 1 amide bonds. The molecule has 3 nitrogen and oxygen atoms in total. The molecule has 0 atom stereocenters. The van der Waals surface area contributed by atoms with Crippen molar-refractivity contribution in [2.24, 2.45) is 0 Å². The lowest BCUT2D eigenvalue weighted by molar-refractivity contribution is -0.125. The van der Waals surface area contributed by atoms with Crippen molar-refractivity contribution < 1.29 is 27.1 Å². The molecule has 0 aliphatic carbocycles. The van der Waals surface area contributed by atoms with Gasteiger partial charge in [0.15, 0.2) is 0 Å². The van der Waals surface area contributed by atoms with Crippen LogP contribution in [0, 0.1) is 11.6 Å². The second kappa shape index (κ2) is 8.32. The lowest BCUT2D eigenvalue weighted by atomic mass is 10.1. The summed E-state index contributed by atoms with van der Waals surface area (Å²) >= 11 is 0. The number of hydrogen-bond acceptors (Lipinski definition) is 2. The van der Waals surface area contributed by atoms with Crippen LogP contribution in [0.5, 0.6) is 5.75 Å². The van der Waals surface area contributed by atoms with Gasteiger partial charge in [0.2, 0.25) is 5.91 Å². The molecule has 0 N–H and O–H groups in total. The van der Waals surface area contributed by atoms with Crippen LogP contribution in [0.2, 0.25) is 0 Å². The predicted molar refractivity (Wildman–Crippen MR) is 84.9 cm³/mol. The highest BCUT2D eigenvalue weighted by Gasteiger charge is 2.11. The van der Waals surface area contributed by atoms with Crippen molar-refractivity contribution in [2.45, 2.75) is 13.2 Å². The van der Waals surface area contributed by atoms with E-state index in [1.807, 2.05) is 0 Å². The molecule has 7 heteroatoms. The topological polar surface area (TPSA) is 29.5 Å². The van der Waals surface area contributed by atoms with Gasteiger partial charge < -0.3 is 9.64 Å². The second-order valence-corrected chi connectivity index (χ2v) is 5.18. The minimum atomic E-state index is -2.98. The number of halogens is 4. The molecule has 132 valence electrons. The van der Waals surface area contributed by atoms with E-state index in [1.54, 1.807) is 6.07 Å². The molecule has 0 saturated heterocycles. The molecule has 0 saturated carbocycles. The Hall–Kier alpha value is -2.83. The van der Waals surface area contributed by atoms with Gasteiger partial charge in [0.1, 0.15) is 17.4 Å². The summed E-state index contributed by atoms with van der Waals surface area (Å²) in [7, 11) is 1.44. The molecule has 2 aromatic carbocycles. The molecule has 0 radical (unpaired) electrons. The van der Waals surface area contributed by atoms with Crippen LogP contribution in [0.15, 0.2) is 48.5 Å². The number of carbonyl (C=O) groups is 1.